The molecule has 0 aliphatic carbocycles. The van der Waals surface area contributed by atoms with E-state index in [1.54, 1.807) is 0 Å². The molecule has 4 rings (SSSR count). The number of nitrogens with zero attached hydrogens (tertiary/aromatic N) is 3. The number of carbonyl (C=O) groups excluding carboxylic acids is 1. The molecule has 3 fully saturated rings. The molecule has 3 aliphatic heterocycles. The minimum Gasteiger partial charge on any atom is -0.378 e. The molecule has 0 saturated carbocycles. The number of morpholine rings is 1. The van der Waals surface area contributed by atoms with E-state index in [-0.39, 0.29) is 18.1 Å². The predicted octanol–water partition coefficient (Wildman–Crippen LogP) is 2.81. The van der Waals surface area contributed by atoms with Crippen LogP contribution in [0.4, 0.5) is 23.7 Å². The number of hydrogen-bond donors (Lipinski definition) is 0. The second-order valence-corrected chi connectivity index (χ2v) is 7.12. The van der Waals surface area contributed by atoms with Gasteiger partial charge in [0.1, 0.15) is 0 Å². The number of benzene rings is 1. The summed E-state index contributed by atoms with van der Waals surface area (Å²) in [6.07, 6.45) is -2.43. The summed E-state index contributed by atoms with van der Waals surface area (Å²) in [5.74, 6) is 0. The summed E-state index contributed by atoms with van der Waals surface area (Å²) < 4.78 is 43.5. The van der Waals surface area contributed by atoms with Crippen LogP contribution in [0.15, 0.2) is 24.3 Å². The van der Waals surface area contributed by atoms with Gasteiger partial charge in [0.15, 0.2) is 0 Å². The molecule has 0 radical (unpaired) electrons. The quantitative estimate of drug-likeness (QED) is 0.764. The van der Waals surface area contributed by atoms with Crippen LogP contribution >= 0.6 is 0 Å². The first kappa shape index (κ1) is 17.5. The highest BCUT2D eigenvalue weighted by Crippen LogP contribution is 2.35. The van der Waals surface area contributed by atoms with Gasteiger partial charge in [0.25, 0.3) is 0 Å². The summed E-state index contributed by atoms with van der Waals surface area (Å²) in [4.78, 5) is 18.8. The van der Waals surface area contributed by atoms with Gasteiger partial charge in [-0.05, 0) is 37.1 Å². The maximum Gasteiger partial charge on any atom is 0.416 e. The van der Waals surface area contributed by atoms with Crippen molar-refractivity contribution in [1.29, 1.82) is 0 Å². The van der Waals surface area contributed by atoms with Gasteiger partial charge in [0, 0.05) is 31.9 Å². The molecule has 3 saturated heterocycles. The standard InChI is InChI=1S/C18H22F3N3O2/c19-18(20,21)13-1-3-14(4-2-13)23-11-15-5-6-16(12-23)24(15)17(25)22-7-9-26-10-8-22/h1-4,15-16H,5-12H2. The summed E-state index contributed by atoms with van der Waals surface area (Å²) in [5, 5.41) is 0. The maximum absolute atomic E-state index is 12.9. The number of amides is 2. The van der Waals surface area contributed by atoms with Crippen LogP contribution in [0.2, 0.25) is 0 Å². The SMILES string of the molecule is O=C(N1CCOCC1)N1C2CCC1CN(c1ccc(C(F)(F)F)cc1)C2. The first-order valence-electron chi connectivity index (χ1n) is 9.00. The lowest BCUT2D eigenvalue weighted by atomic mass is 10.1. The molecule has 1 aromatic rings. The monoisotopic (exact) mass is 369 g/mol. The number of rotatable bonds is 1. The summed E-state index contributed by atoms with van der Waals surface area (Å²) in [7, 11) is 0. The van der Waals surface area contributed by atoms with Crippen molar-refractivity contribution < 1.29 is 22.7 Å². The van der Waals surface area contributed by atoms with E-state index in [2.05, 4.69) is 4.90 Å². The van der Waals surface area contributed by atoms with Crippen molar-refractivity contribution in [3.63, 3.8) is 0 Å². The highest BCUT2D eigenvalue weighted by molar-refractivity contribution is 5.76. The zero-order valence-corrected chi connectivity index (χ0v) is 14.4. The number of fused-ring (bicyclic) bond motifs is 2. The Morgan fingerprint density at radius 2 is 1.58 bits per heavy atom. The molecule has 2 unspecified atom stereocenters. The van der Waals surface area contributed by atoms with E-state index >= 15 is 0 Å². The minimum atomic E-state index is -4.32. The molecule has 142 valence electrons. The predicted molar refractivity (Wildman–Crippen MR) is 90.1 cm³/mol. The zero-order chi connectivity index (χ0) is 18.3. The number of carbonyl (C=O) groups is 1. The maximum atomic E-state index is 12.9. The van der Waals surface area contributed by atoms with Gasteiger partial charge in [-0.1, -0.05) is 0 Å². The highest BCUT2D eigenvalue weighted by atomic mass is 19.4. The Labute approximate surface area is 150 Å². The van der Waals surface area contributed by atoms with E-state index in [0.29, 0.717) is 39.4 Å². The Morgan fingerprint density at radius 1 is 1.00 bits per heavy atom. The molecule has 0 N–H and O–H groups in total. The molecule has 2 atom stereocenters. The molecular weight excluding hydrogens is 347 g/mol. The van der Waals surface area contributed by atoms with E-state index in [4.69, 9.17) is 4.74 Å². The normalized spacial score (nSPS) is 26.3. The third kappa shape index (κ3) is 3.22. The minimum absolute atomic E-state index is 0.0767. The molecule has 0 aromatic heterocycles. The van der Waals surface area contributed by atoms with E-state index < -0.39 is 11.7 Å². The van der Waals surface area contributed by atoms with Gasteiger partial charge in [-0.3, -0.25) is 0 Å². The lowest BCUT2D eigenvalue weighted by molar-refractivity contribution is -0.137. The number of alkyl halides is 3. The summed E-state index contributed by atoms with van der Waals surface area (Å²) in [5.41, 5.74) is 0.152. The Balaban J connectivity index is 1.45. The van der Waals surface area contributed by atoms with Crippen LogP contribution in [0.5, 0.6) is 0 Å². The highest BCUT2D eigenvalue weighted by Gasteiger charge is 2.44. The van der Waals surface area contributed by atoms with Crippen molar-refractivity contribution in [2.75, 3.05) is 44.3 Å². The van der Waals surface area contributed by atoms with Crippen molar-refractivity contribution in [3.8, 4) is 0 Å². The molecule has 26 heavy (non-hydrogen) atoms. The fourth-order valence-electron chi connectivity index (χ4n) is 4.21. The number of urea groups is 1. The average Bonchev–Trinajstić information content (AvgIpc) is 2.90. The number of anilines is 1. The Kier molecular flexibility index (Phi) is 4.46. The van der Waals surface area contributed by atoms with E-state index in [1.807, 2.05) is 9.80 Å². The van der Waals surface area contributed by atoms with Crippen molar-refractivity contribution in [2.24, 2.45) is 0 Å². The lowest BCUT2D eigenvalue weighted by Gasteiger charge is -2.44. The molecule has 8 heteroatoms. The number of halogens is 3. The van der Waals surface area contributed by atoms with Crippen LogP contribution in [0.25, 0.3) is 0 Å². The van der Waals surface area contributed by atoms with Crippen molar-refractivity contribution in [2.45, 2.75) is 31.1 Å². The number of ether oxygens (including phenoxy) is 1. The van der Waals surface area contributed by atoms with E-state index in [9.17, 15) is 18.0 Å². The second kappa shape index (κ2) is 6.64. The Bertz CT molecular complexity index is 645. The van der Waals surface area contributed by atoms with Gasteiger partial charge in [-0.25, -0.2) is 4.79 Å². The lowest BCUT2D eigenvalue weighted by Crippen LogP contribution is -2.60. The van der Waals surface area contributed by atoms with Crippen LogP contribution in [0, 0.1) is 0 Å². The zero-order valence-electron chi connectivity index (χ0n) is 14.4. The molecule has 3 heterocycles. The van der Waals surface area contributed by atoms with Gasteiger partial charge in [-0.2, -0.15) is 13.2 Å². The summed E-state index contributed by atoms with van der Waals surface area (Å²) >= 11 is 0. The number of piperazine rings is 1. The van der Waals surface area contributed by atoms with Gasteiger partial charge < -0.3 is 19.4 Å². The van der Waals surface area contributed by atoms with E-state index in [1.165, 1.54) is 12.1 Å². The summed E-state index contributed by atoms with van der Waals surface area (Å²) in [6.45, 7) is 3.73. The molecule has 5 nitrogen and oxygen atoms in total. The summed E-state index contributed by atoms with van der Waals surface area (Å²) in [6, 6.07) is 5.62. The van der Waals surface area contributed by atoms with Crippen LogP contribution in [-0.2, 0) is 10.9 Å². The second-order valence-electron chi connectivity index (χ2n) is 7.12. The van der Waals surface area contributed by atoms with Crippen molar-refractivity contribution in [3.05, 3.63) is 29.8 Å². The third-order valence-electron chi connectivity index (χ3n) is 5.54. The Hall–Kier alpha value is -1.96. The van der Waals surface area contributed by atoms with Crippen molar-refractivity contribution in [1.82, 2.24) is 9.80 Å². The molecule has 2 bridgehead atoms. The van der Waals surface area contributed by atoms with Crippen LogP contribution in [0.1, 0.15) is 18.4 Å². The molecule has 3 aliphatic rings. The topological polar surface area (TPSA) is 36.0 Å². The van der Waals surface area contributed by atoms with Crippen LogP contribution < -0.4 is 4.90 Å². The molecule has 0 spiro atoms. The molecule has 2 amide bonds. The molecule has 1 aromatic carbocycles. The van der Waals surface area contributed by atoms with E-state index in [0.717, 1.165) is 30.7 Å². The van der Waals surface area contributed by atoms with Crippen molar-refractivity contribution >= 4 is 11.7 Å². The fraction of sp³-hybridized carbons (Fsp3) is 0.611. The smallest absolute Gasteiger partial charge is 0.378 e. The largest absolute Gasteiger partial charge is 0.416 e. The number of hydrogen-bond acceptors (Lipinski definition) is 3. The average molecular weight is 369 g/mol. The van der Waals surface area contributed by atoms with Crippen LogP contribution in [0.3, 0.4) is 0 Å². The van der Waals surface area contributed by atoms with Gasteiger partial charge in [0.2, 0.25) is 0 Å². The third-order valence-corrected chi connectivity index (χ3v) is 5.54. The first-order valence-corrected chi connectivity index (χ1v) is 9.00. The van der Waals surface area contributed by atoms with Crippen LogP contribution in [-0.4, -0.2) is 67.3 Å². The van der Waals surface area contributed by atoms with Gasteiger partial charge in [0.05, 0.1) is 30.9 Å². The van der Waals surface area contributed by atoms with Gasteiger partial charge in [-0.15, -0.1) is 0 Å². The Morgan fingerprint density at radius 3 is 2.12 bits per heavy atom. The first-order chi connectivity index (χ1) is 12.4. The molecular formula is C18H22F3N3O2. The van der Waals surface area contributed by atoms with Gasteiger partial charge >= 0.3 is 12.2 Å². The fourth-order valence-corrected chi connectivity index (χ4v) is 4.21.